The molecule has 0 unspecified atom stereocenters. The first-order chi connectivity index (χ1) is 12.6. The van der Waals surface area contributed by atoms with E-state index in [1.807, 2.05) is 54.6 Å². The van der Waals surface area contributed by atoms with Gasteiger partial charge in [0.1, 0.15) is 11.3 Å². The average molecular weight is 362 g/mol. The maximum absolute atomic E-state index is 11.8. The van der Waals surface area contributed by atoms with Crippen LogP contribution in [0.3, 0.4) is 0 Å². The fourth-order valence-corrected chi connectivity index (χ4v) is 3.34. The van der Waals surface area contributed by atoms with Crippen LogP contribution in [0.15, 0.2) is 72.8 Å². The van der Waals surface area contributed by atoms with E-state index in [0.29, 0.717) is 28.5 Å². The number of primary amides is 1. The number of hydrogen-bond acceptors (Lipinski definition) is 2. The molecule has 0 bridgehead atoms. The van der Waals surface area contributed by atoms with Gasteiger partial charge < -0.3 is 10.3 Å². The highest BCUT2D eigenvalue weighted by molar-refractivity contribution is 6.33. The van der Waals surface area contributed by atoms with Crippen molar-refractivity contribution in [1.82, 2.24) is 9.55 Å². The van der Waals surface area contributed by atoms with Crippen LogP contribution in [0.5, 0.6) is 0 Å². The summed E-state index contributed by atoms with van der Waals surface area (Å²) in [5.74, 6) is 0.217. The number of para-hydroxylation sites is 1. The average Bonchev–Trinajstić information content (AvgIpc) is 3.01. The molecule has 5 heteroatoms. The summed E-state index contributed by atoms with van der Waals surface area (Å²) in [5, 5.41) is 0.609. The molecule has 0 radical (unpaired) electrons. The molecular formula is C21H16ClN3O. The molecule has 0 saturated carbocycles. The zero-order chi connectivity index (χ0) is 18.1. The minimum Gasteiger partial charge on any atom is -0.366 e. The van der Waals surface area contributed by atoms with Crippen molar-refractivity contribution < 1.29 is 4.79 Å². The molecule has 4 rings (SSSR count). The minimum absolute atomic E-state index is 0.405. The van der Waals surface area contributed by atoms with E-state index in [1.54, 1.807) is 6.07 Å². The second kappa shape index (κ2) is 6.65. The Kier molecular flexibility index (Phi) is 4.19. The van der Waals surface area contributed by atoms with Crippen LogP contribution in [0.4, 0.5) is 0 Å². The van der Waals surface area contributed by atoms with Gasteiger partial charge in [-0.05, 0) is 29.8 Å². The molecule has 26 heavy (non-hydrogen) atoms. The summed E-state index contributed by atoms with van der Waals surface area (Å²) in [6, 6.07) is 23.1. The highest BCUT2D eigenvalue weighted by Crippen LogP contribution is 2.31. The Morgan fingerprint density at radius 1 is 0.962 bits per heavy atom. The number of carbonyl (C=O) groups is 1. The number of amides is 1. The topological polar surface area (TPSA) is 60.9 Å². The summed E-state index contributed by atoms with van der Waals surface area (Å²) >= 11 is 6.42. The second-order valence-corrected chi connectivity index (χ2v) is 6.43. The molecule has 1 heterocycles. The van der Waals surface area contributed by atoms with Crippen LogP contribution in [-0.4, -0.2) is 15.5 Å². The summed E-state index contributed by atoms with van der Waals surface area (Å²) < 4.78 is 2.07. The normalized spacial score (nSPS) is 11.0. The van der Waals surface area contributed by atoms with Gasteiger partial charge in [0.25, 0.3) is 5.91 Å². The number of nitrogens with zero attached hydrogens (tertiary/aromatic N) is 2. The van der Waals surface area contributed by atoms with Crippen LogP contribution in [-0.2, 0) is 6.54 Å². The Morgan fingerprint density at radius 3 is 2.42 bits per heavy atom. The number of fused-ring (bicyclic) bond motifs is 1. The number of benzene rings is 3. The van der Waals surface area contributed by atoms with Gasteiger partial charge >= 0.3 is 0 Å². The molecule has 0 spiro atoms. The van der Waals surface area contributed by atoms with E-state index in [4.69, 9.17) is 22.3 Å². The van der Waals surface area contributed by atoms with E-state index in [2.05, 4.69) is 16.7 Å². The van der Waals surface area contributed by atoms with Gasteiger partial charge in [-0.1, -0.05) is 60.1 Å². The van der Waals surface area contributed by atoms with Crippen molar-refractivity contribution in [2.24, 2.45) is 5.73 Å². The standard InChI is InChI=1S/C21H16ClN3O/c22-17-11-5-4-9-15(17)21-24-19-16(20(23)26)10-6-12-18(19)25(21)13-14-7-2-1-3-8-14/h1-12H,13H2,(H2,23,26). The first kappa shape index (κ1) is 16.4. The zero-order valence-corrected chi connectivity index (χ0v) is 14.6. The molecule has 3 aromatic carbocycles. The first-order valence-electron chi connectivity index (χ1n) is 8.23. The lowest BCUT2D eigenvalue weighted by Crippen LogP contribution is -2.11. The summed E-state index contributed by atoms with van der Waals surface area (Å²) in [5.41, 5.74) is 9.33. The summed E-state index contributed by atoms with van der Waals surface area (Å²) in [4.78, 5) is 16.6. The molecule has 2 N–H and O–H groups in total. The number of imidazole rings is 1. The van der Waals surface area contributed by atoms with E-state index in [1.165, 1.54) is 0 Å². The lowest BCUT2D eigenvalue weighted by molar-refractivity contribution is 0.100. The van der Waals surface area contributed by atoms with E-state index >= 15 is 0 Å². The third kappa shape index (κ3) is 2.85. The quantitative estimate of drug-likeness (QED) is 0.581. The first-order valence-corrected chi connectivity index (χ1v) is 8.61. The van der Waals surface area contributed by atoms with Gasteiger partial charge in [-0.25, -0.2) is 4.98 Å². The Balaban J connectivity index is 2.00. The molecule has 1 amide bonds. The molecule has 1 aromatic heterocycles. The number of hydrogen-bond donors (Lipinski definition) is 1. The number of rotatable bonds is 4. The Hall–Kier alpha value is -3.11. The van der Waals surface area contributed by atoms with Gasteiger partial charge in [0.15, 0.2) is 0 Å². The van der Waals surface area contributed by atoms with Gasteiger partial charge in [0.05, 0.1) is 16.1 Å². The predicted molar refractivity (Wildman–Crippen MR) is 104 cm³/mol. The smallest absolute Gasteiger partial charge is 0.250 e. The van der Waals surface area contributed by atoms with E-state index < -0.39 is 5.91 Å². The van der Waals surface area contributed by atoms with Crippen molar-refractivity contribution in [1.29, 1.82) is 0 Å². The monoisotopic (exact) mass is 361 g/mol. The lowest BCUT2D eigenvalue weighted by Gasteiger charge is -2.10. The van der Waals surface area contributed by atoms with E-state index in [-0.39, 0.29) is 0 Å². The number of nitrogens with two attached hydrogens (primary N) is 1. The second-order valence-electron chi connectivity index (χ2n) is 6.02. The van der Waals surface area contributed by atoms with Gasteiger partial charge in [0.2, 0.25) is 0 Å². The van der Waals surface area contributed by atoms with Crippen molar-refractivity contribution in [2.75, 3.05) is 0 Å². The van der Waals surface area contributed by atoms with Crippen molar-refractivity contribution >= 4 is 28.5 Å². The minimum atomic E-state index is -0.495. The van der Waals surface area contributed by atoms with E-state index in [9.17, 15) is 4.79 Å². The fraction of sp³-hybridized carbons (Fsp3) is 0.0476. The third-order valence-electron chi connectivity index (χ3n) is 4.34. The number of halogens is 1. The number of aromatic nitrogens is 2. The summed E-state index contributed by atoms with van der Waals surface area (Å²) in [6.07, 6.45) is 0. The van der Waals surface area contributed by atoms with Crippen LogP contribution >= 0.6 is 11.6 Å². The molecule has 0 aliphatic rings. The maximum Gasteiger partial charge on any atom is 0.250 e. The molecule has 128 valence electrons. The summed E-state index contributed by atoms with van der Waals surface area (Å²) in [7, 11) is 0. The van der Waals surface area contributed by atoms with Crippen LogP contribution in [0.25, 0.3) is 22.4 Å². The van der Waals surface area contributed by atoms with Gasteiger partial charge in [-0.2, -0.15) is 0 Å². The fourth-order valence-electron chi connectivity index (χ4n) is 3.12. The molecule has 0 aliphatic carbocycles. The highest BCUT2D eigenvalue weighted by atomic mass is 35.5. The Morgan fingerprint density at radius 2 is 1.69 bits per heavy atom. The Bertz CT molecular complexity index is 1100. The molecule has 0 aliphatic heterocycles. The van der Waals surface area contributed by atoms with Crippen LogP contribution < -0.4 is 5.73 Å². The third-order valence-corrected chi connectivity index (χ3v) is 4.67. The van der Waals surface area contributed by atoms with Gasteiger partial charge in [0, 0.05) is 12.1 Å². The van der Waals surface area contributed by atoms with Crippen molar-refractivity contribution in [2.45, 2.75) is 6.54 Å². The SMILES string of the molecule is NC(=O)c1cccc2c1nc(-c1ccccc1Cl)n2Cc1ccccc1. The molecular weight excluding hydrogens is 346 g/mol. The predicted octanol–water partition coefficient (Wildman–Crippen LogP) is 4.50. The van der Waals surface area contributed by atoms with Crippen molar-refractivity contribution in [3.8, 4) is 11.4 Å². The van der Waals surface area contributed by atoms with Crippen LogP contribution in [0.1, 0.15) is 15.9 Å². The number of carbonyl (C=O) groups excluding carboxylic acids is 1. The van der Waals surface area contributed by atoms with Crippen molar-refractivity contribution in [3.05, 3.63) is 88.9 Å². The molecule has 0 fully saturated rings. The lowest BCUT2D eigenvalue weighted by atomic mass is 10.1. The largest absolute Gasteiger partial charge is 0.366 e. The Labute approximate surface area is 155 Å². The summed E-state index contributed by atoms with van der Waals surface area (Å²) in [6.45, 7) is 0.611. The maximum atomic E-state index is 11.8. The van der Waals surface area contributed by atoms with Crippen molar-refractivity contribution in [3.63, 3.8) is 0 Å². The highest BCUT2D eigenvalue weighted by Gasteiger charge is 2.18. The molecule has 4 aromatic rings. The van der Waals surface area contributed by atoms with Crippen LogP contribution in [0.2, 0.25) is 5.02 Å². The van der Waals surface area contributed by atoms with Gasteiger partial charge in [-0.3, -0.25) is 4.79 Å². The molecule has 0 saturated heterocycles. The zero-order valence-electron chi connectivity index (χ0n) is 13.9. The molecule has 4 nitrogen and oxygen atoms in total. The van der Waals surface area contributed by atoms with Crippen LogP contribution in [0, 0.1) is 0 Å². The van der Waals surface area contributed by atoms with E-state index in [0.717, 1.165) is 16.6 Å². The molecule has 0 atom stereocenters. The van der Waals surface area contributed by atoms with Gasteiger partial charge in [-0.15, -0.1) is 0 Å².